The lowest BCUT2D eigenvalue weighted by atomic mass is 10.1. The first-order valence-electron chi connectivity index (χ1n) is 5.97. The first-order chi connectivity index (χ1) is 9.97. The fourth-order valence-corrected chi connectivity index (χ4v) is 1.69. The van der Waals surface area contributed by atoms with Crippen LogP contribution in [0.5, 0.6) is 0 Å². The number of carboxylic acids is 1. The zero-order valence-electron chi connectivity index (χ0n) is 11.1. The molecule has 1 aromatic heterocycles. The molecular formula is C14H12FN3O3. The molecule has 108 valence electrons. The van der Waals surface area contributed by atoms with Gasteiger partial charge in [0.1, 0.15) is 5.82 Å². The van der Waals surface area contributed by atoms with Crippen LogP contribution in [0, 0.1) is 5.82 Å². The van der Waals surface area contributed by atoms with Crippen molar-refractivity contribution in [2.24, 2.45) is 7.05 Å². The Hall–Kier alpha value is -2.96. The summed E-state index contributed by atoms with van der Waals surface area (Å²) in [7, 11) is 1.72. The van der Waals surface area contributed by atoms with Crippen LogP contribution in [0.15, 0.2) is 36.5 Å². The van der Waals surface area contributed by atoms with Crippen molar-refractivity contribution in [2.75, 3.05) is 5.32 Å². The highest BCUT2D eigenvalue weighted by Crippen LogP contribution is 2.17. The average molecular weight is 289 g/mol. The Morgan fingerprint density at radius 1 is 1.38 bits per heavy atom. The van der Waals surface area contributed by atoms with Crippen LogP contribution in [0.2, 0.25) is 0 Å². The van der Waals surface area contributed by atoms with Crippen LogP contribution in [0.3, 0.4) is 0 Å². The van der Waals surface area contributed by atoms with Gasteiger partial charge in [-0.1, -0.05) is 0 Å². The maximum atomic E-state index is 13.0. The molecule has 0 aliphatic heterocycles. The Morgan fingerprint density at radius 3 is 2.76 bits per heavy atom. The van der Waals surface area contributed by atoms with Gasteiger partial charge in [-0.3, -0.25) is 9.48 Å². The fourth-order valence-electron chi connectivity index (χ4n) is 1.69. The number of halogens is 1. The number of amides is 1. The van der Waals surface area contributed by atoms with Gasteiger partial charge in [0.25, 0.3) is 0 Å². The average Bonchev–Trinajstić information content (AvgIpc) is 2.84. The summed E-state index contributed by atoms with van der Waals surface area (Å²) in [5.74, 6) is -2.53. The number of aromatic nitrogens is 2. The molecule has 0 aliphatic carbocycles. The van der Waals surface area contributed by atoms with Crippen molar-refractivity contribution in [1.82, 2.24) is 9.78 Å². The van der Waals surface area contributed by atoms with Crippen molar-refractivity contribution in [3.05, 3.63) is 53.6 Å². The summed E-state index contributed by atoms with van der Waals surface area (Å²) in [6.07, 6.45) is 4.36. The molecule has 6 nitrogen and oxygen atoms in total. The second-order valence-electron chi connectivity index (χ2n) is 4.20. The number of carbonyl (C=O) groups excluding carboxylic acids is 1. The lowest BCUT2D eigenvalue weighted by Crippen LogP contribution is -2.12. The number of nitrogens with one attached hydrogen (secondary N) is 1. The third-order valence-electron chi connectivity index (χ3n) is 2.73. The molecule has 7 heteroatoms. The number of aromatic carboxylic acids is 1. The predicted octanol–water partition coefficient (Wildman–Crippen LogP) is 1.91. The molecule has 0 saturated carbocycles. The van der Waals surface area contributed by atoms with E-state index in [1.807, 2.05) is 0 Å². The van der Waals surface area contributed by atoms with Crippen molar-refractivity contribution >= 4 is 23.6 Å². The Kier molecular flexibility index (Phi) is 4.13. The summed E-state index contributed by atoms with van der Waals surface area (Å²) in [6, 6.07) is 4.84. The molecule has 1 aromatic carbocycles. The highest BCUT2D eigenvalue weighted by atomic mass is 19.1. The maximum absolute atomic E-state index is 13.0. The lowest BCUT2D eigenvalue weighted by Gasteiger charge is -2.06. The number of rotatable bonds is 4. The minimum absolute atomic E-state index is 0.0311. The van der Waals surface area contributed by atoms with Crippen molar-refractivity contribution in [3.8, 4) is 0 Å². The molecular weight excluding hydrogens is 277 g/mol. The molecule has 0 unspecified atom stereocenters. The Morgan fingerprint density at radius 2 is 2.14 bits per heavy atom. The standard InChI is InChI=1S/C14H12FN3O3/c1-18-10(6-7-16-18)3-5-13(19)17-12-4-2-9(15)8-11(12)14(20)21/h2-8H,1H3,(H,17,19)(H,20,21)/b5-3+. The number of benzene rings is 1. The monoisotopic (exact) mass is 289 g/mol. The van der Waals surface area contributed by atoms with E-state index in [1.165, 1.54) is 18.2 Å². The lowest BCUT2D eigenvalue weighted by molar-refractivity contribution is -0.111. The van der Waals surface area contributed by atoms with Crippen LogP contribution in [-0.2, 0) is 11.8 Å². The number of hydrogen-bond donors (Lipinski definition) is 2. The minimum Gasteiger partial charge on any atom is -0.478 e. The van der Waals surface area contributed by atoms with Crippen molar-refractivity contribution in [3.63, 3.8) is 0 Å². The number of carboxylic acid groups (broad SMARTS) is 1. The number of anilines is 1. The Labute approximate surface area is 119 Å². The van der Waals surface area contributed by atoms with E-state index in [-0.39, 0.29) is 11.3 Å². The van der Waals surface area contributed by atoms with Gasteiger partial charge in [-0.15, -0.1) is 0 Å². The van der Waals surface area contributed by atoms with E-state index < -0.39 is 17.7 Å². The summed E-state index contributed by atoms with van der Waals surface area (Å²) >= 11 is 0. The fraction of sp³-hybridized carbons (Fsp3) is 0.0714. The van der Waals surface area contributed by atoms with Gasteiger partial charge in [0, 0.05) is 19.3 Å². The van der Waals surface area contributed by atoms with Gasteiger partial charge in [-0.05, 0) is 30.3 Å². The first-order valence-corrected chi connectivity index (χ1v) is 5.97. The van der Waals surface area contributed by atoms with Gasteiger partial charge in [0.05, 0.1) is 16.9 Å². The third-order valence-corrected chi connectivity index (χ3v) is 2.73. The molecule has 1 amide bonds. The maximum Gasteiger partial charge on any atom is 0.337 e. The van der Waals surface area contributed by atoms with Gasteiger partial charge >= 0.3 is 5.97 Å². The number of carbonyl (C=O) groups is 2. The van der Waals surface area contributed by atoms with Crippen LogP contribution in [0.1, 0.15) is 16.1 Å². The van der Waals surface area contributed by atoms with Crippen molar-refractivity contribution < 1.29 is 19.1 Å². The summed E-state index contributed by atoms with van der Waals surface area (Å²) in [5, 5.41) is 15.3. The van der Waals surface area contributed by atoms with E-state index in [4.69, 9.17) is 5.11 Å². The van der Waals surface area contributed by atoms with Crippen molar-refractivity contribution in [2.45, 2.75) is 0 Å². The molecule has 21 heavy (non-hydrogen) atoms. The van der Waals surface area contributed by atoms with E-state index in [9.17, 15) is 14.0 Å². The highest BCUT2D eigenvalue weighted by molar-refractivity contribution is 6.05. The molecule has 0 aliphatic rings. The van der Waals surface area contributed by atoms with E-state index in [0.29, 0.717) is 5.69 Å². The molecule has 0 fully saturated rings. The zero-order chi connectivity index (χ0) is 15.4. The molecule has 0 spiro atoms. The largest absolute Gasteiger partial charge is 0.478 e. The predicted molar refractivity (Wildman–Crippen MR) is 74.2 cm³/mol. The number of aryl methyl sites for hydroxylation is 1. The third kappa shape index (κ3) is 3.53. The summed E-state index contributed by atoms with van der Waals surface area (Å²) in [4.78, 5) is 22.8. The molecule has 2 N–H and O–H groups in total. The zero-order valence-corrected chi connectivity index (χ0v) is 11.1. The smallest absolute Gasteiger partial charge is 0.337 e. The van der Waals surface area contributed by atoms with Crippen LogP contribution >= 0.6 is 0 Å². The SMILES string of the molecule is Cn1nccc1/C=C/C(=O)Nc1ccc(F)cc1C(=O)O. The van der Waals surface area contributed by atoms with Crippen molar-refractivity contribution in [1.29, 1.82) is 0 Å². The highest BCUT2D eigenvalue weighted by Gasteiger charge is 2.12. The molecule has 0 atom stereocenters. The summed E-state index contributed by atoms with van der Waals surface area (Å²) in [6.45, 7) is 0. The van der Waals surface area contributed by atoms with Crippen LogP contribution in [-0.4, -0.2) is 26.8 Å². The van der Waals surface area contributed by atoms with Crippen LogP contribution in [0.4, 0.5) is 10.1 Å². The summed E-state index contributed by atoms with van der Waals surface area (Å²) in [5.41, 5.74) is 0.434. The quantitative estimate of drug-likeness (QED) is 0.842. The second-order valence-corrected chi connectivity index (χ2v) is 4.20. The normalized spacial score (nSPS) is 10.8. The van der Waals surface area contributed by atoms with Gasteiger partial charge in [-0.2, -0.15) is 5.10 Å². The van der Waals surface area contributed by atoms with Crippen LogP contribution < -0.4 is 5.32 Å². The molecule has 0 radical (unpaired) electrons. The second kappa shape index (κ2) is 6.00. The topological polar surface area (TPSA) is 84.2 Å². The Balaban J connectivity index is 2.15. The summed E-state index contributed by atoms with van der Waals surface area (Å²) < 4.78 is 14.6. The van der Waals surface area contributed by atoms with E-state index >= 15 is 0 Å². The van der Waals surface area contributed by atoms with Gasteiger partial charge in [0.15, 0.2) is 0 Å². The molecule has 2 rings (SSSR count). The van der Waals surface area contributed by atoms with Crippen LogP contribution in [0.25, 0.3) is 6.08 Å². The van der Waals surface area contributed by atoms with Gasteiger partial charge < -0.3 is 10.4 Å². The van der Waals surface area contributed by atoms with E-state index in [1.54, 1.807) is 24.0 Å². The molecule has 0 bridgehead atoms. The molecule has 0 saturated heterocycles. The molecule has 1 heterocycles. The minimum atomic E-state index is -1.32. The Bertz CT molecular complexity index is 722. The van der Waals surface area contributed by atoms with Gasteiger partial charge in [0.2, 0.25) is 5.91 Å². The molecule has 2 aromatic rings. The number of hydrogen-bond acceptors (Lipinski definition) is 3. The van der Waals surface area contributed by atoms with E-state index in [2.05, 4.69) is 10.4 Å². The number of nitrogens with zero attached hydrogens (tertiary/aromatic N) is 2. The first kappa shape index (κ1) is 14.4. The van der Waals surface area contributed by atoms with Gasteiger partial charge in [-0.25, -0.2) is 9.18 Å². The van der Waals surface area contributed by atoms with E-state index in [0.717, 1.165) is 12.1 Å².